The van der Waals surface area contributed by atoms with Gasteiger partial charge >= 0.3 is 6.09 Å². The Morgan fingerprint density at radius 3 is 2.66 bits per heavy atom. The van der Waals surface area contributed by atoms with E-state index in [1.165, 1.54) is 0 Å². The van der Waals surface area contributed by atoms with E-state index in [1.54, 1.807) is 39.4 Å². The molecule has 2 heterocycles. The summed E-state index contributed by atoms with van der Waals surface area (Å²) in [5.41, 5.74) is 1.30. The van der Waals surface area contributed by atoms with Crippen LogP contribution in [0, 0.1) is 0 Å². The average molecular weight is 395 g/mol. The van der Waals surface area contributed by atoms with E-state index in [-0.39, 0.29) is 13.2 Å². The quantitative estimate of drug-likeness (QED) is 0.663. The molecule has 2 aromatic heterocycles. The molecular formula is C22H25N3O4. The van der Waals surface area contributed by atoms with E-state index in [4.69, 9.17) is 9.47 Å². The number of aliphatic hydroxyl groups is 1. The van der Waals surface area contributed by atoms with Crippen LogP contribution < -0.4 is 10.1 Å². The van der Waals surface area contributed by atoms with Crippen LogP contribution in [0.25, 0.3) is 21.9 Å². The molecule has 1 amide bonds. The highest BCUT2D eigenvalue weighted by atomic mass is 16.6. The first-order valence-corrected chi connectivity index (χ1v) is 9.36. The second-order valence-corrected chi connectivity index (χ2v) is 7.68. The highest BCUT2D eigenvalue weighted by Crippen LogP contribution is 2.26. The van der Waals surface area contributed by atoms with E-state index >= 15 is 0 Å². The number of carbonyl (C=O) groups excluding carboxylic acids is 1. The van der Waals surface area contributed by atoms with Crippen molar-refractivity contribution in [3.05, 3.63) is 55.1 Å². The molecule has 3 rings (SSSR count). The van der Waals surface area contributed by atoms with Crippen molar-refractivity contribution in [2.75, 3.05) is 13.2 Å². The number of aromatic nitrogens is 2. The Morgan fingerprint density at radius 2 is 1.90 bits per heavy atom. The molecule has 0 bridgehead atoms. The molecule has 7 nitrogen and oxygen atoms in total. The number of pyridine rings is 2. The molecular weight excluding hydrogens is 370 g/mol. The number of amides is 1. The van der Waals surface area contributed by atoms with Gasteiger partial charge in [0.15, 0.2) is 0 Å². The average Bonchev–Trinajstić information content (AvgIpc) is 2.69. The van der Waals surface area contributed by atoms with E-state index in [9.17, 15) is 9.90 Å². The Bertz CT molecular complexity index is 985. The Kier molecular flexibility index (Phi) is 6.29. The number of nitrogens with one attached hydrogen (secondary N) is 1. The number of nitrogens with zero attached hydrogens (tertiary/aromatic N) is 2. The van der Waals surface area contributed by atoms with E-state index in [2.05, 4.69) is 21.4 Å². The predicted octanol–water partition coefficient (Wildman–Crippen LogP) is 3.56. The first-order valence-electron chi connectivity index (χ1n) is 9.36. The Morgan fingerprint density at radius 1 is 1.07 bits per heavy atom. The lowest BCUT2D eigenvalue weighted by Gasteiger charge is -2.22. The molecule has 0 radical (unpaired) electrons. The highest BCUT2D eigenvalue weighted by Gasteiger charge is 2.19. The van der Waals surface area contributed by atoms with Gasteiger partial charge in [-0.25, -0.2) is 4.79 Å². The fourth-order valence-corrected chi connectivity index (χ4v) is 2.73. The number of benzene rings is 1. The van der Waals surface area contributed by atoms with Crippen molar-refractivity contribution in [2.24, 2.45) is 0 Å². The smallest absolute Gasteiger partial charge is 0.408 e. The van der Waals surface area contributed by atoms with Crippen LogP contribution in [0.4, 0.5) is 4.79 Å². The Hall–Kier alpha value is -3.19. The number of aliphatic hydroxyl groups excluding tert-OH is 1. The molecule has 0 spiro atoms. The fraction of sp³-hybridized carbons (Fsp3) is 0.318. The zero-order chi connectivity index (χ0) is 20.9. The van der Waals surface area contributed by atoms with Gasteiger partial charge in [0.2, 0.25) is 0 Å². The van der Waals surface area contributed by atoms with E-state index < -0.39 is 17.7 Å². The maximum atomic E-state index is 11.9. The summed E-state index contributed by atoms with van der Waals surface area (Å²) in [4.78, 5) is 20.2. The van der Waals surface area contributed by atoms with Crippen LogP contribution in [0.3, 0.4) is 0 Å². The fourth-order valence-electron chi connectivity index (χ4n) is 2.73. The third-order valence-corrected chi connectivity index (χ3v) is 4.08. The van der Waals surface area contributed by atoms with Gasteiger partial charge in [0, 0.05) is 29.5 Å². The van der Waals surface area contributed by atoms with Gasteiger partial charge in [-0.1, -0.05) is 12.1 Å². The minimum Gasteiger partial charge on any atom is -0.490 e. The summed E-state index contributed by atoms with van der Waals surface area (Å²) in [6.45, 7) is 5.14. The number of rotatable bonds is 6. The van der Waals surface area contributed by atoms with Crippen molar-refractivity contribution in [3.63, 3.8) is 0 Å². The van der Waals surface area contributed by atoms with E-state index in [0.29, 0.717) is 5.75 Å². The molecule has 152 valence electrons. The molecule has 1 unspecified atom stereocenters. The van der Waals surface area contributed by atoms with Gasteiger partial charge in [-0.2, -0.15) is 0 Å². The van der Waals surface area contributed by atoms with Gasteiger partial charge in [0.25, 0.3) is 0 Å². The van der Waals surface area contributed by atoms with Gasteiger partial charge in [0.05, 0.1) is 18.8 Å². The lowest BCUT2D eigenvalue weighted by Crippen LogP contribution is -2.44. The molecule has 0 aliphatic carbocycles. The van der Waals surface area contributed by atoms with Crippen LogP contribution in [0.15, 0.2) is 55.1 Å². The molecule has 0 saturated carbocycles. The maximum Gasteiger partial charge on any atom is 0.408 e. The lowest BCUT2D eigenvalue weighted by atomic mass is 10.0. The minimum atomic E-state index is -0.612. The largest absolute Gasteiger partial charge is 0.490 e. The van der Waals surface area contributed by atoms with Crippen molar-refractivity contribution in [1.82, 2.24) is 15.3 Å². The molecule has 3 aromatic rings. The Balaban J connectivity index is 1.66. The summed E-state index contributed by atoms with van der Waals surface area (Å²) in [5, 5.41) is 14.3. The standard InChI is InChI=1S/C22H25N3O4/c1-22(2,3)29-21(27)25-19(13-26)14-28-20-9-18(11-24-12-20)15-4-5-17-10-23-7-6-16(17)8-15/h4-12,19,26H,13-14H2,1-3H3,(H,25,27). The zero-order valence-electron chi connectivity index (χ0n) is 16.8. The normalized spacial score (nSPS) is 12.4. The third-order valence-electron chi connectivity index (χ3n) is 4.08. The second kappa shape index (κ2) is 8.87. The van der Waals surface area contributed by atoms with Gasteiger partial charge < -0.3 is 19.9 Å². The van der Waals surface area contributed by atoms with Gasteiger partial charge in [-0.15, -0.1) is 0 Å². The van der Waals surface area contributed by atoms with Crippen molar-refractivity contribution in [3.8, 4) is 16.9 Å². The van der Waals surface area contributed by atoms with Crippen molar-refractivity contribution in [2.45, 2.75) is 32.4 Å². The first kappa shape index (κ1) is 20.5. The minimum absolute atomic E-state index is 0.0876. The summed E-state index contributed by atoms with van der Waals surface area (Å²) in [6, 6.07) is 9.32. The summed E-state index contributed by atoms with van der Waals surface area (Å²) in [6.07, 6.45) is 6.34. The first-order chi connectivity index (χ1) is 13.8. The van der Waals surface area contributed by atoms with E-state index in [0.717, 1.165) is 21.9 Å². The number of ether oxygens (including phenoxy) is 2. The van der Waals surface area contributed by atoms with Crippen LogP contribution in [0.5, 0.6) is 5.75 Å². The number of carbonyl (C=O) groups is 1. The van der Waals surface area contributed by atoms with Crippen molar-refractivity contribution in [1.29, 1.82) is 0 Å². The van der Waals surface area contributed by atoms with Crippen LogP contribution in [-0.2, 0) is 4.74 Å². The summed E-state index contributed by atoms with van der Waals surface area (Å²) in [5.74, 6) is 0.543. The lowest BCUT2D eigenvalue weighted by molar-refractivity contribution is 0.0458. The van der Waals surface area contributed by atoms with Crippen molar-refractivity contribution >= 4 is 16.9 Å². The molecule has 0 saturated heterocycles. The maximum absolute atomic E-state index is 11.9. The van der Waals surface area contributed by atoms with Crippen LogP contribution >= 0.6 is 0 Å². The molecule has 0 fully saturated rings. The second-order valence-electron chi connectivity index (χ2n) is 7.68. The van der Waals surface area contributed by atoms with E-state index in [1.807, 2.05) is 30.5 Å². The molecule has 0 aliphatic heterocycles. The summed E-state index contributed by atoms with van der Waals surface area (Å²) >= 11 is 0. The number of hydrogen-bond donors (Lipinski definition) is 2. The van der Waals surface area contributed by atoms with Gasteiger partial charge in [-0.3, -0.25) is 9.97 Å². The number of alkyl carbamates (subject to hydrolysis) is 1. The molecule has 7 heteroatoms. The summed E-state index contributed by atoms with van der Waals surface area (Å²) in [7, 11) is 0. The third kappa shape index (κ3) is 5.89. The molecule has 2 N–H and O–H groups in total. The van der Waals surface area contributed by atoms with Gasteiger partial charge in [0.1, 0.15) is 18.0 Å². The number of hydrogen-bond acceptors (Lipinski definition) is 6. The Labute approximate surface area is 169 Å². The predicted molar refractivity (Wildman–Crippen MR) is 111 cm³/mol. The molecule has 1 aromatic carbocycles. The molecule has 29 heavy (non-hydrogen) atoms. The van der Waals surface area contributed by atoms with Crippen LogP contribution in [-0.4, -0.2) is 46.0 Å². The molecule has 1 atom stereocenters. The SMILES string of the molecule is CC(C)(C)OC(=O)NC(CO)COc1cncc(-c2ccc3cnccc3c2)c1. The monoisotopic (exact) mass is 395 g/mol. The topological polar surface area (TPSA) is 93.6 Å². The molecule has 0 aliphatic rings. The number of fused-ring (bicyclic) bond motifs is 1. The summed E-state index contributed by atoms with van der Waals surface area (Å²) < 4.78 is 10.9. The highest BCUT2D eigenvalue weighted by molar-refractivity contribution is 5.86. The van der Waals surface area contributed by atoms with Crippen molar-refractivity contribution < 1.29 is 19.4 Å². The van der Waals surface area contributed by atoms with Crippen LogP contribution in [0.1, 0.15) is 20.8 Å². The van der Waals surface area contributed by atoms with Gasteiger partial charge in [-0.05, 0) is 49.9 Å². The zero-order valence-corrected chi connectivity index (χ0v) is 16.8. The van der Waals surface area contributed by atoms with Crippen LogP contribution in [0.2, 0.25) is 0 Å².